The Morgan fingerprint density at radius 1 is 1.22 bits per heavy atom. The predicted molar refractivity (Wildman–Crippen MR) is 136 cm³/mol. The molecule has 4 fully saturated rings. The second-order valence-electron chi connectivity index (χ2n) is 12.3. The zero-order chi connectivity index (χ0) is 26.6. The summed E-state index contributed by atoms with van der Waals surface area (Å²) in [6.45, 7) is 4.55. The number of fused-ring (bicyclic) bond motifs is 5. The third kappa shape index (κ3) is 4.01. The van der Waals surface area contributed by atoms with Crippen LogP contribution in [0.1, 0.15) is 82.0 Å². The van der Waals surface area contributed by atoms with Crippen molar-refractivity contribution < 1.29 is 19.6 Å². The van der Waals surface area contributed by atoms with Crippen molar-refractivity contribution in [3.05, 3.63) is 44.3 Å². The van der Waals surface area contributed by atoms with Gasteiger partial charge in [0.25, 0.3) is 11.6 Å². The van der Waals surface area contributed by atoms with E-state index >= 15 is 0 Å². The minimum absolute atomic E-state index is 0.00745. The molecule has 10 nitrogen and oxygen atoms in total. The standard InChI is InChI=1S/C27H35N5O5/c1-25-10-7-18(33)13-16(25)3-5-19-21(25)8-11-26(2)22(19)9-12-27(26,35)15-29-24(34)20-14-17(30-31-28)4-6-23(20)32(36)37/h4,6,14,16,19,21-22,35H,3,5,7-13,15H2,1-2H3,(H,29,34)/t16-,19+,21-,22-,25-,26-,27+/m0/s1. The molecule has 0 spiro atoms. The van der Waals surface area contributed by atoms with Crippen LogP contribution in [-0.4, -0.2) is 33.9 Å². The van der Waals surface area contributed by atoms with Gasteiger partial charge in [0.2, 0.25) is 0 Å². The fourth-order valence-electron chi connectivity index (χ4n) is 8.75. The number of carbonyl (C=O) groups excluding carboxylic acids is 2. The number of hydrogen-bond donors (Lipinski definition) is 2. The van der Waals surface area contributed by atoms with E-state index in [9.17, 15) is 24.8 Å². The molecule has 198 valence electrons. The van der Waals surface area contributed by atoms with Crippen molar-refractivity contribution in [3.63, 3.8) is 0 Å². The molecule has 0 bridgehead atoms. The number of nitrogens with one attached hydrogen (secondary N) is 1. The van der Waals surface area contributed by atoms with E-state index in [1.54, 1.807) is 0 Å². The lowest BCUT2D eigenvalue weighted by Crippen LogP contribution is -2.59. The highest BCUT2D eigenvalue weighted by Gasteiger charge is 2.64. The molecule has 10 heteroatoms. The maximum absolute atomic E-state index is 13.1. The van der Waals surface area contributed by atoms with Crippen molar-refractivity contribution in [1.82, 2.24) is 5.32 Å². The molecule has 1 amide bonds. The van der Waals surface area contributed by atoms with E-state index < -0.39 is 16.4 Å². The number of nitrogens with zero attached hydrogens (tertiary/aromatic N) is 4. The summed E-state index contributed by atoms with van der Waals surface area (Å²) in [5.41, 5.74) is 6.93. The number of ketones is 1. The quantitative estimate of drug-likeness (QED) is 0.173. The first kappa shape index (κ1) is 25.7. The van der Waals surface area contributed by atoms with E-state index in [1.807, 2.05) is 0 Å². The molecule has 2 N–H and O–H groups in total. The van der Waals surface area contributed by atoms with Gasteiger partial charge in [0.15, 0.2) is 0 Å². The van der Waals surface area contributed by atoms with Gasteiger partial charge < -0.3 is 10.4 Å². The van der Waals surface area contributed by atoms with Gasteiger partial charge in [-0.25, -0.2) is 0 Å². The first-order valence-electron chi connectivity index (χ1n) is 13.4. The molecular formula is C27H35N5O5. The summed E-state index contributed by atoms with van der Waals surface area (Å²) >= 11 is 0. The number of carbonyl (C=O) groups is 2. The van der Waals surface area contributed by atoms with E-state index in [1.165, 1.54) is 12.1 Å². The zero-order valence-electron chi connectivity index (χ0n) is 21.5. The van der Waals surface area contributed by atoms with Crippen LogP contribution in [-0.2, 0) is 4.79 Å². The first-order chi connectivity index (χ1) is 17.5. The van der Waals surface area contributed by atoms with Gasteiger partial charge in [-0.1, -0.05) is 19.0 Å². The molecule has 1 aromatic carbocycles. The summed E-state index contributed by atoms with van der Waals surface area (Å²) in [7, 11) is 0. The minimum Gasteiger partial charge on any atom is -0.387 e. The Bertz CT molecular complexity index is 1200. The number of benzene rings is 1. The number of azide groups is 1. The van der Waals surface area contributed by atoms with Gasteiger partial charge in [0.1, 0.15) is 11.3 Å². The molecule has 0 radical (unpaired) electrons. The van der Waals surface area contributed by atoms with Crippen LogP contribution in [0, 0.1) is 44.6 Å². The molecule has 1 aromatic rings. The summed E-state index contributed by atoms with van der Waals surface area (Å²) in [5, 5.41) is 29.6. The Balaban J connectivity index is 1.34. The van der Waals surface area contributed by atoms with Gasteiger partial charge >= 0.3 is 0 Å². The van der Waals surface area contributed by atoms with E-state index in [4.69, 9.17) is 5.53 Å². The summed E-state index contributed by atoms with van der Waals surface area (Å²) in [6.07, 6.45) is 7.83. The Morgan fingerprint density at radius 3 is 2.70 bits per heavy atom. The third-order valence-electron chi connectivity index (χ3n) is 10.9. The molecule has 4 saturated carbocycles. The van der Waals surface area contributed by atoms with Gasteiger partial charge in [-0.3, -0.25) is 19.7 Å². The van der Waals surface area contributed by atoms with Gasteiger partial charge in [-0.2, -0.15) is 0 Å². The highest BCUT2D eigenvalue weighted by Crippen LogP contribution is 2.68. The van der Waals surface area contributed by atoms with Gasteiger partial charge in [-0.05, 0) is 91.7 Å². The second kappa shape index (κ2) is 9.10. The molecule has 0 aliphatic heterocycles. The molecule has 0 unspecified atom stereocenters. The Kier molecular flexibility index (Phi) is 6.31. The monoisotopic (exact) mass is 509 g/mol. The summed E-state index contributed by atoms with van der Waals surface area (Å²) in [6, 6.07) is 3.65. The highest BCUT2D eigenvalue weighted by atomic mass is 16.6. The fraction of sp³-hybridized carbons (Fsp3) is 0.704. The zero-order valence-corrected chi connectivity index (χ0v) is 21.5. The van der Waals surface area contributed by atoms with Crippen molar-refractivity contribution >= 4 is 23.1 Å². The Morgan fingerprint density at radius 2 is 1.97 bits per heavy atom. The van der Waals surface area contributed by atoms with E-state index in [2.05, 4.69) is 29.2 Å². The number of aliphatic hydroxyl groups is 1. The lowest BCUT2D eigenvalue weighted by atomic mass is 9.44. The summed E-state index contributed by atoms with van der Waals surface area (Å²) < 4.78 is 0. The topological polar surface area (TPSA) is 158 Å². The van der Waals surface area contributed by atoms with Crippen molar-refractivity contribution in [2.75, 3.05) is 6.54 Å². The van der Waals surface area contributed by atoms with E-state index in [-0.39, 0.29) is 34.3 Å². The molecule has 7 atom stereocenters. The maximum atomic E-state index is 13.1. The van der Waals surface area contributed by atoms with Crippen molar-refractivity contribution in [2.45, 2.75) is 77.2 Å². The van der Waals surface area contributed by atoms with Crippen molar-refractivity contribution in [3.8, 4) is 0 Å². The number of hydrogen-bond acceptors (Lipinski definition) is 6. The maximum Gasteiger partial charge on any atom is 0.282 e. The van der Waals surface area contributed by atoms with Crippen LogP contribution >= 0.6 is 0 Å². The second-order valence-corrected chi connectivity index (χ2v) is 12.3. The van der Waals surface area contributed by atoms with Crippen molar-refractivity contribution in [1.29, 1.82) is 0 Å². The lowest BCUT2D eigenvalue weighted by molar-refractivity contribution is -0.385. The molecule has 0 saturated heterocycles. The number of nitro groups is 1. The van der Waals surface area contributed by atoms with E-state index in [0.717, 1.165) is 44.6 Å². The molecule has 5 rings (SSSR count). The van der Waals surface area contributed by atoms with Gasteiger partial charge in [-0.15, -0.1) is 0 Å². The number of Topliss-reactive ketones (excluding diaryl/α,β-unsaturated/α-hetero) is 1. The molecule has 0 aromatic heterocycles. The normalized spacial score (nSPS) is 38.5. The SMILES string of the molecule is C[C@]12CCC(=O)C[C@@H]1CC[C@@H]1[C@@H]2CC[C@@]2(C)[C@H]1CC[C@@]2(O)CNC(=O)c1cc(N=[N+]=[N-])ccc1[N+](=O)[O-]. The fourth-order valence-corrected chi connectivity index (χ4v) is 8.75. The summed E-state index contributed by atoms with van der Waals surface area (Å²) in [4.78, 5) is 38.7. The molecular weight excluding hydrogens is 474 g/mol. The number of rotatable bonds is 5. The van der Waals surface area contributed by atoms with Crippen LogP contribution in [0.25, 0.3) is 10.4 Å². The van der Waals surface area contributed by atoms with Crippen LogP contribution < -0.4 is 5.32 Å². The van der Waals surface area contributed by atoms with Crippen LogP contribution in [0.15, 0.2) is 23.3 Å². The molecule has 4 aliphatic rings. The van der Waals surface area contributed by atoms with Gasteiger partial charge in [0, 0.05) is 41.5 Å². The van der Waals surface area contributed by atoms with Crippen LogP contribution in [0.2, 0.25) is 0 Å². The molecule has 37 heavy (non-hydrogen) atoms. The first-order valence-corrected chi connectivity index (χ1v) is 13.4. The minimum atomic E-state index is -1.12. The van der Waals surface area contributed by atoms with Crippen LogP contribution in [0.4, 0.5) is 11.4 Å². The third-order valence-corrected chi connectivity index (χ3v) is 10.9. The average Bonchev–Trinajstić information content (AvgIpc) is 3.14. The molecule has 4 aliphatic carbocycles. The highest BCUT2D eigenvalue weighted by molar-refractivity contribution is 5.99. The van der Waals surface area contributed by atoms with Crippen LogP contribution in [0.5, 0.6) is 0 Å². The summed E-state index contributed by atoms with van der Waals surface area (Å²) in [5.74, 6) is 1.59. The molecule has 0 heterocycles. The lowest BCUT2D eigenvalue weighted by Gasteiger charge is -2.61. The Labute approximate surface area is 216 Å². The smallest absolute Gasteiger partial charge is 0.282 e. The predicted octanol–water partition coefficient (Wildman–Crippen LogP) is 5.61. The van der Waals surface area contributed by atoms with Crippen LogP contribution in [0.3, 0.4) is 0 Å². The number of amides is 1. The van der Waals surface area contributed by atoms with Crippen molar-refractivity contribution in [2.24, 2.45) is 39.6 Å². The Hall–Kier alpha value is -2.97. The van der Waals surface area contributed by atoms with Gasteiger partial charge in [0.05, 0.1) is 10.5 Å². The largest absolute Gasteiger partial charge is 0.387 e. The average molecular weight is 510 g/mol. The van der Waals surface area contributed by atoms with E-state index in [0.29, 0.717) is 48.7 Å². The number of nitro benzene ring substituents is 1.